The second-order valence-corrected chi connectivity index (χ2v) is 5.62. The van der Waals surface area contributed by atoms with Crippen molar-refractivity contribution in [1.82, 2.24) is 0 Å². The van der Waals surface area contributed by atoms with E-state index in [0.717, 1.165) is 12.5 Å². The van der Waals surface area contributed by atoms with Gasteiger partial charge in [0.05, 0.1) is 0 Å². The zero-order chi connectivity index (χ0) is 13.3. The van der Waals surface area contributed by atoms with Crippen LogP contribution in [0.2, 0.25) is 0 Å². The van der Waals surface area contributed by atoms with Gasteiger partial charge in [0.25, 0.3) is 0 Å². The molecule has 0 radical (unpaired) electrons. The zero-order valence-corrected chi connectivity index (χ0v) is 11.5. The van der Waals surface area contributed by atoms with Gasteiger partial charge in [-0.05, 0) is 22.9 Å². The molecule has 0 saturated heterocycles. The summed E-state index contributed by atoms with van der Waals surface area (Å²) in [6.45, 7) is 2.76. The predicted octanol–water partition coefficient (Wildman–Crippen LogP) is 3.94. The van der Waals surface area contributed by atoms with Crippen LogP contribution in [0.4, 0.5) is 8.78 Å². The van der Waals surface area contributed by atoms with Crippen LogP contribution in [0.5, 0.6) is 0 Å². The lowest BCUT2D eigenvalue weighted by molar-refractivity contribution is -0.197. The number of hydrogen-bond donors (Lipinski definition) is 0. The van der Waals surface area contributed by atoms with Crippen molar-refractivity contribution < 1.29 is 18.3 Å². The average Bonchev–Trinajstić information content (AvgIpc) is 2.15. The van der Waals surface area contributed by atoms with Gasteiger partial charge in [0.1, 0.15) is 0 Å². The van der Waals surface area contributed by atoms with Crippen molar-refractivity contribution in [2.45, 2.75) is 23.7 Å². The molecule has 0 heterocycles. The number of hydrogen-bond acceptors (Lipinski definition) is 2. The topological polar surface area (TPSA) is 26.3 Å². The summed E-state index contributed by atoms with van der Waals surface area (Å²) in [6, 6.07) is 5.72. The summed E-state index contributed by atoms with van der Waals surface area (Å²) in [7, 11) is 0. The minimum Gasteiger partial charge on any atom is -0.419 e. The fourth-order valence-corrected chi connectivity index (χ4v) is 1.70. The van der Waals surface area contributed by atoms with E-state index < -0.39 is 15.9 Å². The lowest BCUT2D eigenvalue weighted by atomic mass is 10.1. The standard InChI is InChI=1S/C11H10BrClF2O2/c1-7-3-5-9(6-4-7)10(14,11(12,13)15)17-8(2)16/h3-6H,1-2H3/t10-,11+/m0/s1. The van der Waals surface area contributed by atoms with Crippen LogP contribution in [-0.2, 0) is 15.4 Å². The summed E-state index contributed by atoms with van der Waals surface area (Å²) in [4.78, 5) is 10.8. The van der Waals surface area contributed by atoms with E-state index in [1.54, 1.807) is 19.1 Å². The summed E-state index contributed by atoms with van der Waals surface area (Å²) < 4.78 is 29.4. The highest BCUT2D eigenvalue weighted by molar-refractivity contribution is 9.10. The zero-order valence-electron chi connectivity index (χ0n) is 9.14. The summed E-state index contributed by atoms with van der Waals surface area (Å²) in [5.74, 6) is -4.07. The molecule has 0 aromatic heterocycles. The number of ether oxygens (including phenoxy) is 1. The molecule has 0 unspecified atom stereocenters. The number of halogens is 4. The number of alkyl halides is 4. The van der Waals surface area contributed by atoms with Crippen LogP contribution in [0.25, 0.3) is 0 Å². The molecule has 0 aliphatic carbocycles. The molecule has 2 nitrogen and oxygen atoms in total. The Hall–Kier alpha value is -0.680. The number of esters is 1. The van der Waals surface area contributed by atoms with Gasteiger partial charge in [0.2, 0.25) is 0 Å². The molecular formula is C11H10BrClF2O2. The number of rotatable bonds is 3. The van der Waals surface area contributed by atoms with Gasteiger partial charge in [-0.2, -0.15) is 4.39 Å². The number of carbonyl (C=O) groups is 1. The van der Waals surface area contributed by atoms with Crippen molar-refractivity contribution in [1.29, 1.82) is 0 Å². The molecule has 0 saturated carbocycles. The van der Waals surface area contributed by atoms with Crippen LogP contribution in [-0.4, -0.2) is 10.0 Å². The van der Waals surface area contributed by atoms with Crippen LogP contribution in [0.3, 0.4) is 0 Å². The molecule has 2 atom stereocenters. The maximum absolute atomic E-state index is 14.4. The van der Waals surface area contributed by atoms with Crippen molar-refractivity contribution in [2.24, 2.45) is 0 Å². The Morgan fingerprint density at radius 1 is 1.35 bits per heavy atom. The van der Waals surface area contributed by atoms with Gasteiger partial charge in [-0.1, -0.05) is 41.4 Å². The molecule has 0 amide bonds. The van der Waals surface area contributed by atoms with Crippen LogP contribution in [0.1, 0.15) is 18.1 Å². The lowest BCUT2D eigenvalue weighted by Gasteiger charge is -2.30. The van der Waals surface area contributed by atoms with E-state index in [1.165, 1.54) is 12.1 Å². The monoisotopic (exact) mass is 326 g/mol. The summed E-state index contributed by atoms with van der Waals surface area (Å²) in [5.41, 5.74) is 0.667. The van der Waals surface area contributed by atoms with Crippen LogP contribution in [0.15, 0.2) is 24.3 Å². The first-order chi connectivity index (χ1) is 7.67. The molecule has 1 rings (SSSR count). The largest absolute Gasteiger partial charge is 0.419 e. The molecule has 1 aromatic rings. The van der Waals surface area contributed by atoms with E-state index in [9.17, 15) is 13.6 Å². The third-order valence-corrected chi connectivity index (χ3v) is 2.82. The van der Waals surface area contributed by atoms with Gasteiger partial charge >= 0.3 is 15.9 Å². The molecule has 0 aliphatic rings. The van der Waals surface area contributed by atoms with Gasteiger partial charge in [0, 0.05) is 12.5 Å². The first-order valence-electron chi connectivity index (χ1n) is 4.69. The van der Waals surface area contributed by atoms with Gasteiger partial charge in [-0.3, -0.25) is 4.79 Å². The number of aryl methyl sites for hydroxylation is 1. The smallest absolute Gasteiger partial charge is 0.334 e. The van der Waals surface area contributed by atoms with Gasteiger partial charge in [-0.25, -0.2) is 4.39 Å². The molecule has 0 fully saturated rings. The number of carbonyl (C=O) groups excluding carboxylic acids is 1. The molecular weight excluding hydrogens is 317 g/mol. The molecule has 0 spiro atoms. The fourth-order valence-electron chi connectivity index (χ4n) is 1.25. The van der Waals surface area contributed by atoms with E-state index in [0.29, 0.717) is 0 Å². The Balaban J connectivity index is 3.24. The fraction of sp³-hybridized carbons (Fsp3) is 0.364. The van der Waals surface area contributed by atoms with Crippen molar-refractivity contribution in [3.05, 3.63) is 35.4 Å². The Morgan fingerprint density at radius 2 is 1.82 bits per heavy atom. The first-order valence-corrected chi connectivity index (χ1v) is 5.86. The minimum absolute atomic E-state index is 0.187. The molecule has 6 heteroatoms. The van der Waals surface area contributed by atoms with Gasteiger partial charge < -0.3 is 4.74 Å². The molecule has 17 heavy (non-hydrogen) atoms. The van der Waals surface area contributed by atoms with E-state index in [1.807, 2.05) is 0 Å². The van der Waals surface area contributed by atoms with E-state index in [-0.39, 0.29) is 5.56 Å². The minimum atomic E-state index is -3.09. The van der Waals surface area contributed by atoms with Crippen molar-refractivity contribution >= 4 is 33.5 Å². The summed E-state index contributed by atoms with van der Waals surface area (Å²) in [5, 5.41) is 0. The van der Waals surface area contributed by atoms with Crippen molar-refractivity contribution in [3.8, 4) is 0 Å². The molecule has 0 bridgehead atoms. The quantitative estimate of drug-likeness (QED) is 0.621. The van der Waals surface area contributed by atoms with E-state index in [2.05, 4.69) is 20.7 Å². The normalized spacial score (nSPS) is 18.0. The Labute approximate surface area is 111 Å². The SMILES string of the molecule is CC(=O)O[C@@](F)(c1ccc(C)cc1)[C@](F)(Cl)Br. The third-order valence-electron chi connectivity index (χ3n) is 2.07. The lowest BCUT2D eigenvalue weighted by Crippen LogP contribution is -2.40. The van der Waals surface area contributed by atoms with Crippen LogP contribution in [0, 0.1) is 6.92 Å². The van der Waals surface area contributed by atoms with Gasteiger partial charge in [-0.15, -0.1) is 0 Å². The van der Waals surface area contributed by atoms with Crippen LogP contribution >= 0.6 is 27.5 Å². The Kier molecular flexibility index (Phi) is 4.15. The summed E-state index contributed by atoms with van der Waals surface area (Å²) in [6.07, 6.45) is 0. The highest BCUT2D eigenvalue weighted by Gasteiger charge is 2.55. The highest BCUT2D eigenvalue weighted by Crippen LogP contribution is 2.48. The number of benzene rings is 1. The van der Waals surface area contributed by atoms with Gasteiger partial charge in [0.15, 0.2) is 0 Å². The maximum atomic E-state index is 14.4. The molecule has 1 aromatic carbocycles. The predicted molar refractivity (Wildman–Crippen MR) is 64.4 cm³/mol. The first kappa shape index (κ1) is 14.4. The summed E-state index contributed by atoms with van der Waals surface area (Å²) >= 11 is 7.59. The van der Waals surface area contributed by atoms with E-state index in [4.69, 9.17) is 11.6 Å². The van der Waals surface area contributed by atoms with Crippen molar-refractivity contribution in [2.75, 3.05) is 0 Å². The molecule has 0 N–H and O–H groups in total. The average molecular weight is 328 g/mol. The second kappa shape index (κ2) is 4.90. The van der Waals surface area contributed by atoms with E-state index >= 15 is 0 Å². The Morgan fingerprint density at radius 3 is 2.18 bits per heavy atom. The third kappa shape index (κ3) is 3.16. The maximum Gasteiger partial charge on any atom is 0.334 e. The molecule has 94 valence electrons. The second-order valence-electron chi connectivity index (χ2n) is 3.55. The molecule has 0 aliphatic heterocycles. The Bertz CT molecular complexity index is 416. The highest BCUT2D eigenvalue weighted by atomic mass is 79.9. The van der Waals surface area contributed by atoms with Crippen LogP contribution < -0.4 is 0 Å². The van der Waals surface area contributed by atoms with Crippen molar-refractivity contribution in [3.63, 3.8) is 0 Å².